The Labute approximate surface area is 84.5 Å². The number of hydrogen-bond acceptors (Lipinski definition) is 2. The van der Waals surface area contributed by atoms with Gasteiger partial charge in [-0.05, 0) is 55.5 Å². The van der Waals surface area contributed by atoms with E-state index in [9.17, 15) is 5.11 Å². The largest absolute Gasteiger partial charge is 0.496 e. The molecular weight excluding hydrogens is 176 g/mol. The van der Waals surface area contributed by atoms with Gasteiger partial charge in [-0.1, -0.05) is 0 Å². The third kappa shape index (κ3) is 1.40. The molecule has 1 aromatic rings. The number of methoxy groups -OCH3 is 1. The van der Waals surface area contributed by atoms with Crippen molar-refractivity contribution in [2.24, 2.45) is 0 Å². The molecule has 1 aromatic carbocycles. The van der Waals surface area contributed by atoms with Crippen LogP contribution in [0.1, 0.15) is 29.5 Å². The first-order valence-corrected chi connectivity index (χ1v) is 4.95. The van der Waals surface area contributed by atoms with Crippen molar-refractivity contribution in [1.82, 2.24) is 0 Å². The van der Waals surface area contributed by atoms with Crippen LogP contribution in [-0.4, -0.2) is 12.2 Å². The molecule has 1 N–H and O–H groups in total. The Balaban J connectivity index is 2.47. The van der Waals surface area contributed by atoms with Crippen LogP contribution in [0.5, 0.6) is 5.75 Å². The maximum atomic E-state index is 9.97. The number of benzene rings is 1. The molecule has 0 unspecified atom stereocenters. The van der Waals surface area contributed by atoms with Crippen molar-refractivity contribution in [1.29, 1.82) is 0 Å². The van der Waals surface area contributed by atoms with Crippen molar-refractivity contribution >= 4 is 0 Å². The fourth-order valence-corrected chi connectivity index (χ4v) is 1.95. The van der Waals surface area contributed by atoms with Gasteiger partial charge in [-0.25, -0.2) is 0 Å². The summed E-state index contributed by atoms with van der Waals surface area (Å²) < 4.78 is 5.28. The van der Waals surface area contributed by atoms with E-state index in [1.807, 2.05) is 26.0 Å². The Morgan fingerprint density at radius 3 is 2.07 bits per heavy atom. The summed E-state index contributed by atoms with van der Waals surface area (Å²) in [5.41, 5.74) is 2.70. The van der Waals surface area contributed by atoms with E-state index in [1.54, 1.807) is 7.11 Å². The summed E-state index contributed by atoms with van der Waals surface area (Å²) in [6.45, 7) is 4.03. The lowest BCUT2D eigenvalue weighted by molar-refractivity contribution is 0.151. The molecule has 2 nitrogen and oxygen atoms in total. The molecule has 14 heavy (non-hydrogen) atoms. The first-order valence-electron chi connectivity index (χ1n) is 4.95. The highest BCUT2D eigenvalue weighted by Crippen LogP contribution is 2.46. The van der Waals surface area contributed by atoms with E-state index < -0.39 is 5.60 Å². The van der Waals surface area contributed by atoms with E-state index in [2.05, 4.69) is 0 Å². The zero-order valence-electron chi connectivity index (χ0n) is 8.92. The summed E-state index contributed by atoms with van der Waals surface area (Å²) in [6.07, 6.45) is 1.77. The van der Waals surface area contributed by atoms with Gasteiger partial charge in [0.25, 0.3) is 0 Å². The summed E-state index contributed by atoms with van der Waals surface area (Å²) in [4.78, 5) is 0. The number of hydrogen-bond donors (Lipinski definition) is 1. The van der Waals surface area contributed by atoms with Gasteiger partial charge in [0.2, 0.25) is 0 Å². The lowest BCUT2D eigenvalue weighted by Crippen LogP contribution is -2.05. The Bertz CT molecular complexity index is 342. The molecule has 76 valence electrons. The lowest BCUT2D eigenvalue weighted by Gasteiger charge is -2.14. The molecule has 1 aliphatic carbocycles. The zero-order valence-corrected chi connectivity index (χ0v) is 8.92. The van der Waals surface area contributed by atoms with Crippen molar-refractivity contribution in [3.8, 4) is 5.75 Å². The zero-order chi connectivity index (χ0) is 10.3. The molecule has 2 heteroatoms. The third-order valence-electron chi connectivity index (χ3n) is 2.93. The van der Waals surface area contributed by atoms with Gasteiger partial charge >= 0.3 is 0 Å². The number of ether oxygens (including phenoxy) is 1. The predicted octanol–water partition coefficient (Wildman–Crippen LogP) is 2.29. The van der Waals surface area contributed by atoms with Crippen LogP contribution in [0.15, 0.2) is 12.1 Å². The SMILES string of the molecule is COc1c(C)cc(C2(O)CC2)cc1C. The second kappa shape index (κ2) is 2.99. The highest BCUT2D eigenvalue weighted by molar-refractivity contribution is 5.46. The van der Waals surface area contributed by atoms with Crippen LogP contribution in [0.3, 0.4) is 0 Å². The van der Waals surface area contributed by atoms with Crippen LogP contribution < -0.4 is 4.74 Å². The molecule has 1 saturated carbocycles. The molecule has 0 radical (unpaired) electrons. The van der Waals surface area contributed by atoms with Crippen LogP contribution in [0.2, 0.25) is 0 Å². The maximum absolute atomic E-state index is 9.97. The van der Waals surface area contributed by atoms with Crippen LogP contribution in [0, 0.1) is 13.8 Å². The van der Waals surface area contributed by atoms with Crippen LogP contribution in [0.4, 0.5) is 0 Å². The van der Waals surface area contributed by atoms with Crippen molar-refractivity contribution < 1.29 is 9.84 Å². The maximum Gasteiger partial charge on any atom is 0.124 e. The van der Waals surface area contributed by atoms with E-state index in [0.717, 1.165) is 35.3 Å². The number of aryl methyl sites for hydroxylation is 2. The van der Waals surface area contributed by atoms with Gasteiger partial charge in [-0.2, -0.15) is 0 Å². The van der Waals surface area contributed by atoms with E-state index >= 15 is 0 Å². The number of aliphatic hydroxyl groups is 1. The monoisotopic (exact) mass is 192 g/mol. The molecule has 1 fully saturated rings. The fourth-order valence-electron chi connectivity index (χ4n) is 1.95. The molecule has 2 rings (SSSR count). The van der Waals surface area contributed by atoms with Gasteiger partial charge in [-0.15, -0.1) is 0 Å². The molecule has 0 heterocycles. The summed E-state index contributed by atoms with van der Waals surface area (Å²) in [7, 11) is 1.68. The minimum Gasteiger partial charge on any atom is -0.496 e. The van der Waals surface area contributed by atoms with Crippen molar-refractivity contribution in [3.05, 3.63) is 28.8 Å². The van der Waals surface area contributed by atoms with Gasteiger partial charge in [0, 0.05) is 0 Å². The Kier molecular flexibility index (Phi) is 2.04. The van der Waals surface area contributed by atoms with Crippen molar-refractivity contribution in [2.45, 2.75) is 32.3 Å². The quantitative estimate of drug-likeness (QED) is 0.779. The second-order valence-electron chi connectivity index (χ2n) is 4.17. The molecule has 0 spiro atoms. The van der Waals surface area contributed by atoms with Crippen LogP contribution in [-0.2, 0) is 5.60 Å². The Morgan fingerprint density at radius 2 is 1.71 bits per heavy atom. The van der Waals surface area contributed by atoms with E-state index in [4.69, 9.17) is 4.74 Å². The highest BCUT2D eigenvalue weighted by Gasteiger charge is 2.42. The summed E-state index contributed by atoms with van der Waals surface area (Å²) in [5.74, 6) is 0.929. The smallest absolute Gasteiger partial charge is 0.124 e. The van der Waals surface area contributed by atoms with E-state index in [-0.39, 0.29) is 0 Å². The lowest BCUT2D eigenvalue weighted by atomic mass is 10.0. The molecule has 0 bridgehead atoms. The molecule has 0 atom stereocenters. The Morgan fingerprint density at radius 1 is 1.21 bits per heavy atom. The average molecular weight is 192 g/mol. The summed E-state index contributed by atoms with van der Waals surface area (Å²) >= 11 is 0. The van der Waals surface area contributed by atoms with Gasteiger partial charge < -0.3 is 9.84 Å². The minimum absolute atomic E-state index is 0.540. The molecule has 1 aliphatic rings. The first kappa shape index (κ1) is 9.53. The van der Waals surface area contributed by atoms with Crippen LogP contribution >= 0.6 is 0 Å². The second-order valence-corrected chi connectivity index (χ2v) is 4.17. The average Bonchev–Trinajstić information content (AvgIpc) is 2.84. The van der Waals surface area contributed by atoms with Crippen molar-refractivity contribution in [3.63, 3.8) is 0 Å². The third-order valence-corrected chi connectivity index (χ3v) is 2.93. The molecule has 0 amide bonds. The molecule has 0 saturated heterocycles. The van der Waals surface area contributed by atoms with Gasteiger partial charge in [0.05, 0.1) is 12.7 Å². The van der Waals surface area contributed by atoms with Crippen molar-refractivity contribution in [2.75, 3.05) is 7.11 Å². The topological polar surface area (TPSA) is 29.5 Å². The van der Waals surface area contributed by atoms with Gasteiger partial charge in [0.15, 0.2) is 0 Å². The van der Waals surface area contributed by atoms with Gasteiger partial charge in [0.1, 0.15) is 5.75 Å². The molecule has 0 aromatic heterocycles. The normalized spacial score (nSPS) is 18.0. The Hall–Kier alpha value is -1.02. The van der Waals surface area contributed by atoms with Gasteiger partial charge in [-0.3, -0.25) is 0 Å². The first-order chi connectivity index (χ1) is 6.57. The molecular formula is C12H16O2. The van der Waals surface area contributed by atoms with E-state index in [0.29, 0.717) is 0 Å². The summed E-state index contributed by atoms with van der Waals surface area (Å²) in [6, 6.07) is 4.05. The van der Waals surface area contributed by atoms with Crippen LogP contribution in [0.25, 0.3) is 0 Å². The standard InChI is InChI=1S/C12H16O2/c1-8-6-10(12(13)4-5-12)7-9(2)11(8)14-3/h6-7,13H,4-5H2,1-3H3. The molecule has 0 aliphatic heterocycles. The number of rotatable bonds is 2. The minimum atomic E-state index is -0.540. The fraction of sp³-hybridized carbons (Fsp3) is 0.500. The summed E-state index contributed by atoms with van der Waals surface area (Å²) in [5, 5.41) is 9.97. The van der Waals surface area contributed by atoms with E-state index in [1.165, 1.54) is 0 Å². The highest BCUT2D eigenvalue weighted by atomic mass is 16.5. The predicted molar refractivity (Wildman–Crippen MR) is 55.6 cm³/mol.